The molecule has 0 unspecified atom stereocenters. The van der Waals surface area contributed by atoms with Crippen molar-refractivity contribution < 1.29 is 36.6 Å². The van der Waals surface area contributed by atoms with Gasteiger partial charge in [0.05, 0.1) is 22.3 Å². The van der Waals surface area contributed by atoms with Crippen molar-refractivity contribution >= 4 is 16.0 Å². The number of pyridine rings is 1. The number of nitrogens with zero attached hydrogens (tertiary/aromatic N) is 2. The topological polar surface area (TPSA) is 120 Å². The molecule has 3 rings (SSSR count). The molecule has 0 fully saturated rings. The summed E-state index contributed by atoms with van der Waals surface area (Å²) in [5, 5.41) is 22.7. The van der Waals surface area contributed by atoms with E-state index >= 15 is 0 Å². The molecule has 0 aliphatic rings. The van der Waals surface area contributed by atoms with E-state index in [1.54, 1.807) is 6.07 Å². The fourth-order valence-corrected chi connectivity index (χ4v) is 5.83. The number of hydrogen-bond donors (Lipinski definition) is 3. The third-order valence-electron chi connectivity index (χ3n) is 7.08. The number of nitrogens with one attached hydrogen (secondary N) is 1. The summed E-state index contributed by atoms with van der Waals surface area (Å²) in [6.45, 7) is 3.73. The number of carboxylic acids is 1. The lowest BCUT2D eigenvalue weighted by molar-refractivity contribution is -0.138. The molecule has 0 aliphatic heterocycles. The number of sulfonamides is 1. The Labute approximate surface area is 250 Å². The average molecular weight is 622 g/mol. The van der Waals surface area contributed by atoms with Crippen LogP contribution < -0.4 is 5.32 Å². The number of aliphatic carboxylic acids is 1. The second-order valence-corrected chi connectivity index (χ2v) is 13.3. The maximum atomic E-state index is 13.8. The van der Waals surface area contributed by atoms with Crippen LogP contribution in [0.2, 0.25) is 0 Å². The molecule has 0 spiro atoms. The Bertz CT molecular complexity index is 1460. The van der Waals surface area contributed by atoms with Crippen LogP contribution in [0.5, 0.6) is 0 Å². The first kappa shape index (κ1) is 34.2. The van der Waals surface area contributed by atoms with E-state index in [0.717, 1.165) is 35.7 Å². The molecule has 8 nitrogen and oxygen atoms in total. The molecule has 1 aromatic heterocycles. The van der Waals surface area contributed by atoms with Crippen molar-refractivity contribution in [2.24, 2.45) is 0 Å². The number of aromatic nitrogens is 1. The van der Waals surface area contributed by atoms with E-state index in [-0.39, 0.29) is 42.7 Å². The van der Waals surface area contributed by atoms with Gasteiger partial charge >= 0.3 is 12.1 Å². The molecule has 43 heavy (non-hydrogen) atoms. The first-order valence-corrected chi connectivity index (χ1v) is 15.3. The Hall–Kier alpha value is -3.32. The van der Waals surface area contributed by atoms with Crippen LogP contribution in [0.1, 0.15) is 49.8 Å². The molecule has 0 aliphatic carbocycles. The zero-order valence-corrected chi connectivity index (χ0v) is 25.3. The normalized spacial score (nSPS) is 13.3. The summed E-state index contributed by atoms with van der Waals surface area (Å²) in [4.78, 5) is 14.4. The van der Waals surface area contributed by atoms with Gasteiger partial charge in [-0.05, 0) is 74.9 Å². The number of β-amino-alcohol motifs (C(OH)–C–C–N with tert-alkyl or cyclic N) is 1. The van der Waals surface area contributed by atoms with Gasteiger partial charge < -0.3 is 15.5 Å². The summed E-state index contributed by atoms with van der Waals surface area (Å²) in [5.74, 6) is -0.996. The van der Waals surface area contributed by atoms with Crippen molar-refractivity contribution in [2.45, 2.75) is 68.7 Å². The second kappa shape index (κ2) is 14.4. The van der Waals surface area contributed by atoms with Crippen LogP contribution in [0.25, 0.3) is 11.3 Å². The largest absolute Gasteiger partial charge is 0.481 e. The van der Waals surface area contributed by atoms with Gasteiger partial charge in [0.1, 0.15) is 0 Å². The van der Waals surface area contributed by atoms with Gasteiger partial charge in [0.25, 0.3) is 0 Å². The van der Waals surface area contributed by atoms with Crippen LogP contribution >= 0.6 is 0 Å². The van der Waals surface area contributed by atoms with Crippen LogP contribution in [0.3, 0.4) is 0 Å². The third kappa shape index (κ3) is 10.4. The molecule has 234 valence electrons. The first-order valence-electron chi connectivity index (χ1n) is 13.9. The van der Waals surface area contributed by atoms with E-state index < -0.39 is 38.7 Å². The summed E-state index contributed by atoms with van der Waals surface area (Å²) in [7, 11) is -3.21. The zero-order chi connectivity index (χ0) is 31.8. The number of hydrogen-bond acceptors (Lipinski definition) is 6. The molecule has 0 amide bonds. The summed E-state index contributed by atoms with van der Waals surface area (Å²) in [5.41, 5.74) is 0.348. The number of alkyl halides is 3. The number of aryl methyl sites for hydroxylation is 2. The maximum absolute atomic E-state index is 13.8. The summed E-state index contributed by atoms with van der Waals surface area (Å²) >= 11 is 0. The van der Waals surface area contributed by atoms with Gasteiger partial charge in [0.15, 0.2) is 0 Å². The summed E-state index contributed by atoms with van der Waals surface area (Å²) in [6.07, 6.45) is -1.90. The summed E-state index contributed by atoms with van der Waals surface area (Å²) < 4.78 is 68.9. The number of carboxylic acid groups (broad SMARTS) is 1. The Morgan fingerprint density at radius 3 is 2.33 bits per heavy atom. The molecule has 2 aromatic carbocycles. The first-order chi connectivity index (χ1) is 20.1. The second-order valence-electron chi connectivity index (χ2n) is 11.2. The predicted octanol–water partition coefficient (Wildman–Crippen LogP) is 5.16. The fourth-order valence-electron chi connectivity index (χ4n) is 4.55. The molecule has 0 bridgehead atoms. The number of carbonyl (C=O) groups is 1. The van der Waals surface area contributed by atoms with Crippen LogP contribution in [-0.2, 0) is 33.8 Å². The molecule has 0 radical (unpaired) electrons. The highest BCUT2D eigenvalue weighted by atomic mass is 32.2. The average Bonchev–Trinajstić information content (AvgIpc) is 2.95. The molecule has 3 N–H and O–H groups in total. The van der Waals surface area contributed by atoms with Crippen LogP contribution in [0.4, 0.5) is 13.2 Å². The summed E-state index contributed by atoms with van der Waals surface area (Å²) in [6, 6.07) is 15.5. The van der Waals surface area contributed by atoms with E-state index in [9.17, 15) is 31.5 Å². The van der Waals surface area contributed by atoms with Gasteiger partial charge in [-0.2, -0.15) is 17.5 Å². The van der Waals surface area contributed by atoms with Crippen LogP contribution in [-0.4, -0.2) is 65.7 Å². The highest BCUT2D eigenvalue weighted by Gasteiger charge is 2.34. The maximum Gasteiger partial charge on any atom is 0.416 e. The minimum absolute atomic E-state index is 0.0638. The highest BCUT2D eigenvalue weighted by Crippen LogP contribution is 2.35. The minimum atomic E-state index is -4.82. The minimum Gasteiger partial charge on any atom is -0.481 e. The smallest absolute Gasteiger partial charge is 0.416 e. The van der Waals surface area contributed by atoms with Crippen molar-refractivity contribution in [3.05, 3.63) is 83.6 Å². The number of rotatable bonds is 15. The standard InChI is InChI=1S/C31H38F3N3O5S/c1-30(2,15-7-10-22-8-5-4-6-9-22)36-20-26(38)21-37(3)43(41,42)27-17-24(16-25(18-27)31(32,33)34)28-13-11-23(19-35-28)12-14-29(39)40/h4-6,8-9,11,13,16-19,26,36,38H,7,10,12,14-15,20-21H2,1-3H3,(H,39,40)/t26-/m1/s1. The third-order valence-corrected chi connectivity index (χ3v) is 8.89. The van der Waals surface area contributed by atoms with Gasteiger partial charge in [0.2, 0.25) is 10.0 Å². The van der Waals surface area contributed by atoms with Crippen molar-refractivity contribution in [3.8, 4) is 11.3 Å². The lowest BCUT2D eigenvalue weighted by Crippen LogP contribution is -2.46. The van der Waals surface area contributed by atoms with Gasteiger partial charge in [-0.3, -0.25) is 9.78 Å². The SMILES string of the molecule is CN(C[C@H](O)CNC(C)(C)CCCc1ccccc1)S(=O)(=O)c1cc(-c2ccc(CCC(=O)O)cn2)cc(C(F)(F)F)c1. The van der Waals surface area contributed by atoms with E-state index in [2.05, 4.69) is 22.4 Å². The molecule has 3 aromatic rings. The van der Waals surface area contributed by atoms with Crippen molar-refractivity contribution in [3.63, 3.8) is 0 Å². The van der Waals surface area contributed by atoms with E-state index in [1.807, 2.05) is 32.0 Å². The van der Waals surface area contributed by atoms with Crippen molar-refractivity contribution in [2.75, 3.05) is 20.1 Å². The van der Waals surface area contributed by atoms with E-state index in [1.165, 1.54) is 24.9 Å². The predicted molar refractivity (Wildman–Crippen MR) is 158 cm³/mol. The van der Waals surface area contributed by atoms with E-state index in [4.69, 9.17) is 5.11 Å². The number of aliphatic hydroxyl groups excluding tert-OH is 1. The Morgan fingerprint density at radius 2 is 1.72 bits per heavy atom. The molecule has 1 atom stereocenters. The Kier molecular flexibility index (Phi) is 11.5. The molecular formula is C31H38F3N3O5S. The van der Waals surface area contributed by atoms with Gasteiger partial charge in [-0.25, -0.2) is 8.42 Å². The van der Waals surface area contributed by atoms with Gasteiger partial charge in [-0.1, -0.05) is 36.4 Å². The number of halogens is 3. The molecule has 1 heterocycles. The van der Waals surface area contributed by atoms with E-state index in [0.29, 0.717) is 11.6 Å². The van der Waals surface area contributed by atoms with Crippen molar-refractivity contribution in [1.29, 1.82) is 0 Å². The lowest BCUT2D eigenvalue weighted by atomic mass is 9.95. The number of benzene rings is 2. The van der Waals surface area contributed by atoms with Crippen LogP contribution in [0.15, 0.2) is 71.8 Å². The zero-order valence-electron chi connectivity index (χ0n) is 24.4. The molecular weight excluding hydrogens is 583 g/mol. The number of likely N-dealkylation sites (N-methyl/N-ethyl adjacent to an activating group) is 1. The molecule has 12 heteroatoms. The Balaban J connectivity index is 1.69. The fraction of sp³-hybridized carbons (Fsp3) is 0.419. The highest BCUT2D eigenvalue weighted by molar-refractivity contribution is 7.89. The molecule has 0 saturated heterocycles. The van der Waals surface area contributed by atoms with Gasteiger partial charge in [0, 0.05) is 43.9 Å². The number of aliphatic hydroxyl groups is 1. The monoisotopic (exact) mass is 621 g/mol. The Morgan fingerprint density at radius 1 is 1.02 bits per heavy atom. The lowest BCUT2D eigenvalue weighted by Gasteiger charge is -2.29. The molecule has 0 saturated carbocycles. The quantitative estimate of drug-likeness (QED) is 0.215. The van der Waals surface area contributed by atoms with Gasteiger partial charge in [-0.15, -0.1) is 0 Å². The van der Waals surface area contributed by atoms with Crippen molar-refractivity contribution in [1.82, 2.24) is 14.6 Å². The van der Waals surface area contributed by atoms with Crippen LogP contribution in [0, 0.1) is 0 Å².